The molecule has 2 fully saturated rings. The van der Waals surface area contributed by atoms with Gasteiger partial charge in [0, 0.05) is 38.2 Å². The summed E-state index contributed by atoms with van der Waals surface area (Å²) in [7, 11) is 2.12. The van der Waals surface area contributed by atoms with E-state index in [1.165, 1.54) is 25.0 Å². The largest absolute Gasteiger partial charge is 0.336 e. The predicted octanol–water partition coefficient (Wildman–Crippen LogP) is 3.05. The van der Waals surface area contributed by atoms with Gasteiger partial charge in [-0.05, 0) is 25.3 Å². The van der Waals surface area contributed by atoms with Crippen LogP contribution in [0.15, 0.2) is 0 Å². The van der Waals surface area contributed by atoms with Gasteiger partial charge in [0.15, 0.2) is 0 Å². The average molecular weight is 403 g/mol. The third kappa shape index (κ3) is 3.27. The highest BCUT2D eigenvalue weighted by molar-refractivity contribution is 5.85. The molecule has 1 aromatic heterocycles. The Morgan fingerprint density at radius 2 is 2.08 bits per heavy atom. The minimum absolute atomic E-state index is 0. The summed E-state index contributed by atoms with van der Waals surface area (Å²) in [4.78, 5) is 20.4. The summed E-state index contributed by atoms with van der Waals surface area (Å²) >= 11 is 0. The van der Waals surface area contributed by atoms with Crippen LogP contribution in [0.4, 0.5) is 0 Å². The monoisotopic (exact) mass is 402 g/mol. The molecule has 3 aliphatic rings. The number of rotatable bonds is 2. The number of fused-ring (bicyclic) bond motifs is 2. The summed E-state index contributed by atoms with van der Waals surface area (Å²) in [6, 6.07) is 0. The summed E-state index contributed by atoms with van der Waals surface area (Å²) in [5.41, 5.74) is 2.31. The first kappa shape index (κ1) is 21.5. The van der Waals surface area contributed by atoms with E-state index in [1.54, 1.807) is 0 Å². The van der Waals surface area contributed by atoms with Crippen molar-refractivity contribution >= 4 is 30.7 Å². The second kappa shape index (κ2) is 8.07. The summed E-state index contributed by atoms with van der Waals surface area (Å²) in [6.07, 6.45) is 5.68. The predicted molar refractivity (Wildman–Crippen MR) is 108 cm³/mol. The molecule has 1 aromatic rings. The fourth-order valence-electron chi connectivity index (χ4n) is 5.22. The molecule has 0 aromatic carbocycles. The van der Waals surface area contributed by atoms with Gasteiger partial charge in [0.05, 0.1) is 17.7 Å². The van der Waals surface area contributed by atoms with Crippen molar-refractivity contribution < 1.29 is 4.79 Å². The molecule has 0 radical (unpaired) electrons. The van der Waals surface area contributed by atoms with Gasteiger partial charge in [0.1, 0.15) is 5.82 Å². The number of imidazole rings is 1. The normalized spacial score (nSPS) is 27.4. The highest BCUT2D eigenvalue weighted by Gasteiger charge is 2.51. The lowest BCUT2D eigenvalue weighted by Crippen LogP contribution is -2.51. The summed E-state index contributed by atoms with van der Waals surface area (Å²) in [5.74, 6) is 2.49. The van der Waals surface area contributed by atoms with Crippen LogP contribution in [0.3, 0.4) is 0 Å². The quantitative estimate of drug-likeness (QED) is 0.826. The van der Waals surface area contributed by atoms with Gasteiger partial charge >= 0.3 is 0 Å². The zero-order chi connectivity index (χ0) is 16.9. The van der Waals surface area contributed by atoms with E-state index < -0.39 is 0 Å². The Bertz CT molecular complexity index is 660. The molecule has 0 spiro atoms. The standard InChI is InChI=1S/C19H30N4O.2ClH/c1-13(2)17-21-15-11-23(9-7-16(15)22(17)3)18(24)19-8-5-4-6-14(19)10-20-12-19;;/h13-14,20H,4-12H2,1-3H3;2*1H/t14-,19+;;/m0../s1. The molecule has 2 atom stereocenters. The number of aromatic nitrogens is 2. The molecule has 4 rings (SSSR count). The number of nitrogens with one attached hydrogen (secondary N) is 1. The first-order valence-corrected chi connectivity index (χ1v) is 9.57. The first-order chi connectivity index (χ1) is 11.5. The van der Waals surface area contributed by atoms with Crippen LogP contribution in [0.5, 0.6) is 0 Å². The van der Waals surface area contributed by atoms with E-state index in [2.05, 4.69) is 35.7 Å². The number of carbonyl (C=O) groups excluding carboxylic acids is 1. The summed E-state index contributed by atoms with van der Waals surface area (Å²) in [5, 5.41) is 3.51. The molecule has 2 aliphatic heterocycles. The van der Waals surface area contributed by atoms with E-state index in [0.29, 0.717) is 24.3 Å². The molecule has 0 unspecified atom stereocenters. The number of hydrogen-bond acceptors (Lipinski definition) is 3. The van der Waals surface area contributed by atoms with Crippen LogP contribution in [0.1, 0.15) is 62.7 Å². The molecule has 0 bridgehead atoms. The van der Waals surface area contributed by atoms with Crippen LogP contribution in [0.25, 0.3) is 0 Å². The lowest BCUT2D eigenvalue weighted by molar-refractivity contribution is -0.146. The Morgan fingerprint density at radius 3 is 2.81 bits per heavy atom. The minimum atomic E-state index is -0.134. The van der Waals surface area contributed by atoms with E-state index in [4.69, 9.17) is 4.98 Å². The molecule has 1 aliphatic carbocycles. The number of amides is 1. The van der Waals surface area contributed by atoms with Crippen LogP contribution < -0.4 is 5.32 Å². The van der Waals surface area contributed by atoms with E-state index in [1.807, 2.05) is 0 Å². The van der Waals surface area contributed by atoms with E-state index >= 15 is 0 Å². The van der Waals surface area contributed by atoms with E-state index in [0.717, 1.165) is 44.0 Å². The fourth-order valence-corrected chi connectivity index (χ4v) is 5.22. The second-order valence-corrected chi connectivity index (χ2v) is 8.28. The van der Waals surface area contributed by atoms with E-state index in [-0.39, 0.29) is 30.2 Å². The van der Waals surface area contributed by atoms with Crippen LogP contribution in [0, 0.1) is 11.3 Å². The Hall–Kier alpha value is -0.780. The van der Waals surface area contributed by atoms with Gasteiger partial charge in [0.2, 0.25) is 5.91 Å². The first-order valence-electron chi connectivity index (χ1n) is 9.57. The van der Waals surface area contributed by atoms with Crippen molar-refractivity contribution in [3.05, 3.63) is 17.2 Å². The fraction of sp³-hybridized carbons (Fsp3) is 0.789. The molecule has 26 heavy (non-hydrogen) atoms. The molecule has 1 amide bonds. The smallest absolute Gasteiger partial charge is 0.230 e. The van der Waals surface area contributed by atoms with Crippen molar-refractivity contribution in [1.29, 1.82) is 0 Å². The van der Waals surface area contributed by atoms with Gasteiger partial charge in [-0.25, -0.2) is 4.98 Å². The molecule has 5 nitrogen and oxygen atoms in total. The SMILES string of the molecule is CC(C)c1nc2c(n1C)CCN(C(=O)[C@@]13CCCC[C@H]1CNC3)C2.Cl.Cl. The maximum absolute atomic E-state index is 13.4. The third-order valence-corrected chi connectivity index (χ3v) is 6.56. The number of halogens is 2. The summed E-state index contributed by atoms with van der Waals surface area (Å²) in [6.45, 7) is 7.81. The zero-order valence-electron chi connectivity index (χ0n) is 16.1. The molecule has 7 heteroatoms. The Morgan fingerprint density at radius 1 is 1.31 bits per heavy atom. The average Bonchev–Trinajstić information content (AvgIpc) is 3.16. The topological polar surface area (TPSA) is 50.2 Å². The van der Waals surface area contributed by atoms with Crippen molar-refractivity contribution in [3.63, 3.8) is 0 Å². The van der Waals surface area contributed by atoms with Gasteiger partial charge in [-0.1, -0.05) is 26.7 Å². The lowest BCUT2D eigenvalue weighted by Gasteiger charge is -2.41. The van der Waals surface area contributed by atoms with Crippen molar-refractivity contribution in [2.75, 3.05) is 19.6 Å². The van der Waals surface area contributed by atoms with Gasteiger partial charge in [0.25, 0.3) is 0 Å². The number of carbonyl (C=O) groups is 1. The highest BCUT2D eigenvalue weighted by atomic mass is 35.5. The molecular weight excluding hydrogens is 371 g/mol. The van der Waals surface area contributed by atoms with E-state index in [9.17, 15) is 4.79 Å². The zero-order valence-corrected chi connectivity index (χ0v) is 17.7. The molecule has 3 heterocycles. The summed E-state index contributed by atoms with van der Waals surface area (Å²) < 4.78 is 2.25. The van der Waals surface area contributed by atoms with Crippen LogP contribution in [-0.4, -0.2) is 40.0 Å². The minimum Gasteiger partial charge on any atom is -0.336 e. The van der Waals surface area contributed by atoms with Gasteiger partial charge in [-0.3, -0.25) is 4.79 Å². The maximum atomic E-state index is 13.4. The third-order valence-electron chi connectivity index (χ3n) is 6.56. The highest BCUT2D eigenvalue weighted by Crippen LogP contribution is 2.45. The van der Waals surface area contributed by atoms with Crippen molar-refractivity contribution in [2.45, 2.75) is 58.4 Å². The maximum Gasteiger partial charge on any atom is 0.230 e. The number of hydrogen-bond donors (Lipinski definition) is 1. The van der Waals surface area contributed by atoms with Crippen molar-refractivity contribution in [3.8, 4) is 0 Å². The number of nitrogens with zero attached hydrogens (tertiary/aromatic N) is 3. The van der Waals surface area contributed by atoms with Crippen molar-refractivity contribution in [1.82, 2.24) is 19.8 Å². The van der Waals surface area contributed by atoms with Crippen LogP contribution >= 0.6 is 24.8 Å². The Kier molecular flexibility index (Phi) is 6.68. The molecule has 1 saturated carbocycles. The molecule has 1 saturated heterocycles. The second-order valence-electron chi connectivity index (χ2n) is 8.28. The van der Waals surface area contributed by atoms with Gasteiger partial charge in [-0.15, -0.1) is 24.8 Å². The Labute approximate surface area is 169 Å². The van der Waals surface area contributed by atoms with Gasteiger partial charge < -0.3 is 14.8 Å². The van der Waals surface area contributed by atoms with Gasteiger partial charge in [-0.2, -0.15) is 0 Å². The molecule has 1 N–H and O–H groups in total. The van der Waals surface area contributed by atoms with Crippen LogP contribution in [0.2, 0.25) is 0 Å². The molecular formula is C19H32Cl2N4O. The van der Waals surface area contributed by atoms with Crippen LogP contribution in [-0.2, 0) is 24.8 Å². The Balaban J connectivity index is 0.00000121. The van der Waals surface area contributed by atoms with Crippen molar-refractivity contribution in [2.24, 2.45) is 18.4 Å². The molecule has 148 valence electrons. The lowest BCUT2D eigenvalue weighted by atomic mass is 9.67.